The average molecular weight is 345 g/mol. The lowest BCUT2D eigenvalue weighted by Crippen LogP contribution is -2.29. The van der Waals surface area contributed by atoms with Gasteiger partial charge < -0.3 is 15.3 Å². The maximum Gasteiger partial charge on any atom is 0.323 e. The SMILES string of the molecule is CCCNC(=O)Nc1nc(-c2cc3[nH]c(=O)[nH]c3cc2C)c(C)s1. The third kappa shape index (κ3) is 3.18. The first kappa shape index (κ1) is 16.3. The quantitative estimate of drug-likeness (QED) is 0.584. The van der Waals surface area contributed by atoms with Gasteiger partial charge in [-0.2, -0.15) is 0 Å². The molecule has 24 heavy (non-hydrogen) atoms. The fraction of sp³-hybridized carbons (Fsp3) is 0.312. The van der Waals surface area contributed by atoms with E-state index in [0.717, 1.165) is 39.2 Å². The molecule has 0 fully saturated rings. The van der Waals surface area contributed by atoms with E-state index in [4.69, 9.17) is 0 Å². The van der Waals surface area contributed by atoms with Crippen LogP contribution in [-0.2, 0) is 0 Å². The molecule has 8 heteroatoms. The molecule has 0 aliphatic heterocycles. The Balaban J connectivity index is 1.93. The first-order valence-electron chi connectivity index (χ1n) is 7.73. The fourth-order valence-electron chi connectivity index (χ4n) is 2.53. The van der Waals surface area contributed by atoms with Crippen LogP contribution in [0.25, 0.3) is 22.3 Å². The number of carbonyl (C=O) groups is 1. The molecule has 0 unspecified atom stereocenters. The first-order chi connectivity index (χ1) is 11.5. The molecule has 3 aromatic rings. The van der Waals surface area contributed by atoms with Crippen LogP contribution in [0.4, 0.5) is 9.93 Å². The van der Waals surface area contributed by atoms with Crippen molar-refractivity contribution in [3.05, 3.63) is 33.1 Å². The number of thiazole rings is 1. The molecule has 0 atom stereocenters. The van der Waals surface area contributed by atoms with Gasteiger partial charge in [0.25, 0.3) is 0 Å². The highest BCUT2D eigenvalue weighted by Crippen LogP contribution is 2.33. The van der Waals surface area contributed by atoms with Crippen molar-refractivity contribution in [1.82, 2.24) is 20.3 Å². The second-order valence-electron chi connectivity index (χ2n) is 5.60. The van der Waals surface area contributed by atoms with Crippen molar-refractivity contribution in [1.29, 1.82) is 0 Å². The predicted octanol–water partition coefficient (Wildman–Crippen LogP) is 3.13. The van der Waals surface area contributed by atoms with E-state index in [1.54, 1.807) is 0 Å². The largest absolute Gasteiger partial charge is 0.338 e. The van der Waals surface area contributed by atoms with Gasteiger partial charge in [0.1, 0.15) is 0 Å². The van der Waals surface area contributed by atoms with Gasteiger partial charge in [0.2, 0.25) is 0 Å². The number of aryl methyl sites for hydroxylation is 2. The molecule has 2 amide bonds. The zero-order valence-corrected chi connectivity index (χ0v) is 14.6. The van der Waals surface area contributed by atoms with Crippen molar-refractivity contribution >= 4 is 33.5 Å². The minimum absolute atomic E-state index is 0.230. The number of H-pyrrole nitrogens is 2. The Morgan fingerprint density at radius 1 is 1.25 bits per heavy atom. The van der Waals surface area contributed by atoms with Gasteiger partial charge in [0.05, 0.1) is 16.7 Å². The molecule has 0 spiro atoms. The zero-order valence-electron chi connectivity index (χ0n) is 13.7. The van der Waals surface area contributed by atoms with E-state index in [1.165, 1.54) is 11.3 Å². The van der Waals surface area contributed by atoms with Crippen LogP contribution >= 0.6 is 11.3 Å². The molecule has 0 aliphatic carbocycles. The second-order valence-corrected chi connectivity index (χ2v) is 6.80. The van der Waals surface area contributed by atoms with Crippen molar-refractivity contribution in [2.45, 2.75) is 27.2 Å². The molecule has 126 valence electrons. The van der Waals surface area contributed by atoms with E-state index >= 15 is 0 Å². The van der Waals surface area contributed by atoms with Crippen molar-refractivity contribution in [2.75, 3.05) is 11.9 Å². The summed E-state index contributed by atoms with van der Waals surface area (Å²) in [5, 5.41) is 6.08. The number of hydrogen-bond donors (Lipinski definition) is 4. The third-order valence-corrected chi connectivity index (χ3v) is 4.55. The van der Waals surface area contributed by atoms with Gasteiger partial charge >= 0.3 is 11.7 Å². The molecular formula is C16H19N5O2S. The monoisotopic (exact) mass is 345 g/mol. The number of aromatic nitrogens is 3. The van der Waals surface area contributed by atoms with Gasteiger partial charge in [-0.1, -0.05) is 6.92 Å². The third-order valence-electron chi connectivity index (χ3n) is 3.67. The second kappa shape index (κ2) is 6.48. The predicted molar refractivity (Wildman–Crippen MR) is 96.8 cm³/mol. The van der Waals surface area contributed by atoms with Crippen LogP contribution in [0.15, 0.2) is 16.9 Å². The summed E-state index contributed by atoms with van der Waals surface area (Å²) in [4.78, 5) is 34.3. The summed E-state index contributed by atoms with van der Waals surface area (Å²) in [7, 11) is 0. The van der Waals surface area contributed by atoms with E-state index in [-0.39, 0.29) is 11.7 Å². The summed E-state index contributed by atoms with van der Waals surface area (Å²) in [6.07, 6.45) is 0.879. The summed E-state index contributed by atoms with van der Waals surface area (Å²) >= 11 is 1.43. The molecule has 0 bridgehead atoms. The highest BCUT2D eigenvalue weighted by Gasteiger charge is 2.15. The minimum Gasteiger partial charge on any atom is -0.338 e. The number of imidazole rings is 1. The lowest BCUT2D eigenvalue weighted by Gasteiger charge is -2.05. The molecule has 2 aromatic heterocycles. The van der Waals surface area contributed by atoms with Gasteiger partial charge in [-0.3, -0.25) is 5.32 Å². The Morgan fingerprint density at radius 3 is 2.67 bits per heavy atom. The van der Waals surface area contributed by atoms with E-state index in [9.17, 15) is 9.59 Å². The lowest BCUT2D eigenvalue weighted by atomic mass is 10.0. The molecule has 0 aliphatic rings. The highest BCUT2D eigenvalue weighted by molar-refractivity contribution is 7.16. The van der Waals surface area contributed by atoms with Gasteiger partial charge in [-0.25, -0.2) is 14.6 Å². The summed E-state index contributed by atoms with van der Waals surface area (Å²) < 4.78 is 0. The molecule has 7 nitrogen and oxygen atoms in total. The number of fused-ring (bicyclic) bond motifs is 1. The molecular weight excluding hydrogens is 326 g/mol. The van der Waals surface area contributed by atoms with E-state index in [0.29, 0.717) is 11.7 Å². The standard InChI is InChI=1S/C16H19N5O2S/c1-4-5-17-14(22)21-16-20-13(9(3)24-16)10-7-12-11(6-8(10)2)18-15(23)19-12/h6-7H,4-5H2,1-3H3,(H2,18,19,23)(H2,17,20,21,22). The van der Waals surface area contributed by atoms with Gasteiger partial charge in [-0.05, 0) is 38.0 Å². The number of hydrogen-bond acceptors (Lipinski definition) is 4. The number of nitrogens with one attached hydrogen (secondary N) is 4. The van der Waals surface area contributed by atoms with E-state index in [1.807, 2.05) is 32.9 Å². The van der Waals surface area contributed by atoms with Crippen molar-refractivity contribution < 1.29 is 4.79 Å². The van der Waals surface area contributed by atoms with Gasteiger partial charge in [-0.15, -0.1) is 11.3 Å². The number of carbonyl (C=O) groups excluding carboxylic acids is 1. The zero-order chi connectivity index (χ0) is 17.3. The van der Waals surface area contributed by atoms with E-state index in [2.05, 4.69) is 25.6 Å². The number of urea groups is 1. The molecule has 0 saturated heterocycles. The van der Waals surface area contributed by atoms with Crippen molar-refractivity contribution in [3.8, 4) is 11.3 Å². The number of rotatable bonds is 4. The summed E-state index contributed by atoms with van der Waals surface area (Å²) in [5.41, 5.74) is 4.04. The molecule has 0 radical (unpaired) electrons. The number of amides is 2. The van der Waals surface area contributed by atoms with Crippen LogP contribution in [0.5, 0.6) is 0 Å². The van der Waals surface area contributed by atoms with E-state index < -0.39 is 0 Å². The summed E-state index contributed by atoms with van der Waals surface area (Å²) in [6.45, 7) is 6.56. The topological polar surface area (TPSA) is 103 Å². The Hall–Kier alpha value is -2.61. The summed E-state index contributed by atoms with van der Waals surface area (Å²) in [6, 6.07) is 3.58. The maximum absolute atomic E-state index is 11.8. The van der Waals surface area contributed by atoms with Crippen LogP contribution in [0.1, 0.15) is 23.8 Å². The Labute approximate surface area is 142 Å². The summed E-state index contributed by atoms with van der Waals surface area (Å²) in [5.74, 6) is 0. The first-order valence-corrected chi connectivity index (χ1v) is 8.55. The molecule has 0 saturated carbocycles. The van der Waals surface area contributed by atoms with Crippen LogP contribution < -0.4 is 16.3 Å². The fourth-order valence-corrected chi connectivity index (χ4v) is 3.35. The minimum atomic E-state index is -0.251. The van der Waals surface area contributed by atoms with Crippen molar-refractivity contribution in [2.24, 2.45) is 0 Å². The lowest BCUT2D eigenvalue weighted by molar-refractivity contribution is 0.252. The Kier molecular flexibility index (Phi) is 4.39. The molecule has 1 aromatic carbocycles. The van der Waals surface area contributed by atoms with Crippen LogP contribution in [0.2, 0.25) is 0 Å². The van der Waals surface area contributed by atoms with Crippen LogP contribution in [0.3, 0.4) is 0 Å². The average Bonchev–Trinajstić information content (AvgIpc) is 3.05. The normalized spacial score (nSPS) is 11.0. The van der Waals surface area contributed by atoms with Crippen LogP contribution in [0, 0.1) is 13.8 Å². The Bertz CT molecular complexity index is 953. The van der Waals surface area contributed by atoms with Gasteiger partial charge in [0.15, 0.2) is 5.13 Å². The number of benzene rings is 1. The highest BCUT2D eigenvalue weighted by atomic mass is 32.1. The number of anilines is 1. The molecule has 2 heterocycles. The molecule has 4 N–H and O–H groups in total. The van der Waals surface area contributed by atoms with Gasteiger partial charge in [0, 0.05) is 17.0 Å². The number of aromatic amines is 2. The smallest absolute Gasteiger partial charge is 0.323 e. The van der Waals surface area contributed by atoms with Crippen molar-refractivity contribution in [3.63, 3.8) is 0 Å². The number of nitrogens with zero attached hydrogens (tertiary/aromatic N) is 1. The Morgan fingerprint density at radius 2 is 1.96 bits per heavy atom. The maximum atomic E-state index is 11.8. The molecule has 3 rings (SSSR count). The van der Waals surface area contributed by atoms with Crippen LogP contribution in [-0.4, -0.2) is 27.5 Å².